The van der Waals surface area contributed by atoms with Crippen LogP contribution in [0, 0.1) is 10.1 Å². The van der Waals surface area contributed by atoms with Crippen molar-refractivity contribution in [1.29, 1.82) is 0 Å². The van der Waals surface area contributed by atoms with E-state index in [1.54, 1.807) is 6.07 Å². The van der Waals surface area contributed by atoms with E-state index in [4.69, 9.17) is 9.84 Å². The summed E-state index contributed by atoms with van der Waals surface area (Å²) in [4.78, 5) is 20.9. The lowest BCUT2D eigenvalue weighted by Gasteiger charge is -2.07. The molecule has 19 heavy (non-hydrogen) atoms. The summed E-state index contributed by atoms with van der Waals surface area (Å²) in [6, 6.07) is 4.58. The number of aryl methyl sites for hydroxylation is 1. The van der Waals surface area contributed by atoms with Crippen molar-refractivity contribution in [2.45, 2.75) is 32.6 Å². The van der Waals surface area contributed by atoms with Gasteiger partial charge in [0.05, 0.1) is 11.5 Å². The average Bonchev–Trinajstić information content (AvgIpc) is 2.37. The Bertz CT molecular complexity index is 458. The van der Waals surface area contributed by atoms with Crippen molar-refractivity contribution in [1.82, 2.24) is 0 Å². The maximum absolute atomic E-state index is 11.0. The molecule has 0 aliphatic carbocycles. The predicted molar refractivity (Wildman–Crippen MR) is 69.5 cm³/mol. The number of hydrogen-bond donors (Lipinski definition) is 1. The molecular formula is C13H17NO5. The summed E-state index contributed by atoms with van der Waals surface area (Å²) in [5.74, 6) is -0.691. The molecule has 1 aromatic rings. The summed E-state index contributed by atoms with van der Waals surface area (Å²) < 4.78 is 5.36. The fraction of sp³-hybridized carbons (Fsp3) is 0.462. The minimum absolute atomic E-state index is 0.0484. The van der Waals surface area contributed by atoms with Crippen LogP contribution >= 0.6 is 0 Å². The number of carbonyl (C=O) groups is 1. The van der Waals surface area contributed by atoms with Crippen molar-refractivity contribution >= 4 is 11.7 Å². The molecular weight excluding hydrogens is 250 g/mol. The van der Waals surface area contributed by atoms with Crippen LogP contribution in [-0.4, -0.2) is 22.6 Å². The van der Waals surface area contributed by atoms with E-state index in [0.29, 0.717) is 12.2 Å². The molecule has 6 heteroatoms. The minimum atomic E-state index is -0.925. The van der Waals surface area contributed by atoms with Crippen molar-refractivity contribution in [2.24, 2.45) is 0 Å². The van der Waals surface area contributed by atoms with Crippen LogP contribution in [0.15, 0.2) is 18.2 Å². The monoisotopic (exact) mass is 267 g/mol. The molecule has 0 amide bonds. The van der Waals surface area contributed by atoms with E-state index in [9.17, 15) is 14.9 Å². The zero-order chi connectivity index (χ0) is 14.3. The highest BCUT2D eigenvalue weighted by Gasteiger charge is 2.16. The number of benzene rings is 1. The summed E-state index contributed by atoms with van der Waals surface area (Å²) in [5, 5.41) is 19.5. The molecule has 0 heterocycles. The quantitative estimate of drug-likeness (QED) is 0.444. The smallest absolute Gasteiger partial charge is 0.311 e. The van der Waals surface area contributed by atoms with E-state index in [-0.39, 0.29) is 24.3 Å². The molecule has 0 aliphatic rings. The molecule has 0 spiro atoms. The van der Waals surface area contributed by atoms with Gasteiger partial charge in [0.15, 0.2) is 5.75 Å². The molecule has 1 N–H and O–H groups in total. The normalized spacial score (nSPS) is 10.2. The standard InChI is InChI=1S/C13H17NO5/c1-2-3-8-19-12-6-4-10(5-7-13(15)16)9-11(12)14(17)18/h4,6,9H,2-3,5,7-8H2,1H3,(H,15,16). The zero-order valence-corrected chi connectivity index (χ0v) is 10.8. The largest absolute Gasteiger partial charge is 0.487 e. The molecule has 0 aromatic heterocycles. The molecule has 0 fully saturated rings. The van der Waals surface area contributed by atoms with Crippen molar-refractivity contribution in [3.05, 3.63) is 33.9 Å². The van der Waals surface area contributed by atoms with Gasteiger partial charge in [0, 0.05) is 12.5 Å². The van der Waals surface area contributed by atoms with Gasteiger partial charge in [-0.1, -0.05) is 19.4 Å². The second-order valence-corrected chi connectivity index (χ2v) is 4.15. The summed E-state index contributed by atoms with van der Waals surface area (Å²) in [5.41, 5.74) is 0.510. The molecule has 0 unspecified atom stereocenters. The highest BCUT2D eigenvalue weighted by atomic mass is 16.6. The Morgan fingerprint density at radius 2 is 2.21 bits per heavy atom. The molecule has 104 valence electrons. The van der Waals surface area contributed by atoms with Crippen LogP contribution in [0.5, 0.6) is 5.75 Å². The fourth-order valence-electron chi connectivity index (χ4n) is 1.56. The summed E-state index contributed by atoms with van der Waals surface area (Å²) >= 11 is 0. The maximum Gasteiger partial charge on any atom is 0.311 e. The van der Waals surface area contributed by atoms with Gasteiger partial charge in [-0.2, -0.15) is 0 Å². The minimum Gasteiger partial charge on any atom is -0.487 e. The van der Waals surface area contributed by atoms with E-state index in [0.717, 1.165) is 12.8 Å². The van der Waals surface area contributed by atoms with Gasteiger partial charge in [0.2, 0.25) is 0 Å². The number of nitro groups is 1. The van der Waals surface area contributed by atoms with Gasteiger partial charge in [0.25, 0.3) is 0 Å². The lowest BCUT2D eigenvalue weighted by atomic mass is 10.1. The van der Waals surface area contributed by atoms with E-state index in [1.165, 1.54) is 12.1 Å². The molecule has 0 saturated carbocycles. The lowest BCUT2D eigenvalue weighted by Crippen LogP contribution is -2.02. The van der Waals surface area contributed by atoms with Crippen LogP contribution in [0.1, 0.15) is 31.7 Å². The third-order valence-corrected chi connectivity index (χ3v) is 2.60. The molecule has 1 aromatic carbocycles. The van der Waals surface area contributed by atoms with E-state index in [2.05, 4.69) is 0 Å². The van der Waals surface area contributed by atoms with Crippen molar-refractivity contribution < 1.29 is 19.6 Å². The Labute approximate surface area is 111 Å². The number of rotatable bonds is 8. The lowest BCUT2D eigenvalue weighted by molar-refractivity contribution is -0.385. The van der Waals surface area contributed by atoms with E-state index in [1.807, 2.05) is 6.92 Å². The number of nitrogens with zero attached hydrogens (tertiary/aromatic N) is 1. The Morgan fingerprint density at radius 3 is 2.79 bits per heavy atom. The molecule has 0 atom stereocenters. The Hall–Kier alpha value is -2.11. The molecule has 0 aliphatic heterocycles. The number of hydrogen-bond acceptors (Lipinski definition) is 4. The highest BCUT2D eigenvalue weighted by Crippen LogP contribution is 2.28. The van der Waals surface area contributed by atoms with Gasteiger partial charge in [-0.25, -0.2) is 0 Å². The number of carboxylic acids is 1. The summed E-state index contributed by atoms with van der Waals surface area (Å²) in [7, 11) is 0. The number of carboxylic acid groups (broad SMARTS) is 1. The van der Waals surface area contributed by atoms with Crippen molar-refractivity contribution in [3.8, 4) is 5.75 Å². The van der Waals surface area contributed by atoms with Crippen LogP contribution in [0.25, 0.3) is 0 Å². The third-order valence-electron chi connectivity index (χ3n) is 2.60. The first-order valence-corrected chi connectivity index (χ1v) is 6.16. The average molecular weight is 267 g/mol. The predicted octanol–water partition coefficient (Wildman–Crippen LogP) is 2.79. The molecule has 0 saturated heterocycles. The Balaban J connectivity index is 2.82. The Morgan fingerprint density at radius 1 is 1.47 bits per heavy atom. The van der Waals surface area contributed by atoms with E-state index < -0.39 is 10.9 Å². The first-order chi connectivity index (χ1) is 9.04. The van der Waals surface area contributed by atoms with Crippen molar-refractivity contribution in [2.75, 3.05) is 6.61 Å². The van der Waals surface area contributed by atoms with Crippen LogP contribution in [0.2, 0.25) is 0 Å². The van der Waals surface area contributed by atoms with Gasteiger partial charge in [-0.3, -0.25) is 14.9 Å². The second-order valence-electron chi connectivity index (χ2n) is 4.15. The highest BCUT2D eigenvalue weighted by molar-refractivity contribution is 5.67. The molecule has 0 bridgehead atoms. The second kappa shape index (κ2) is 7.35. The van der Waals surface area contributed by atoms with Crippen LogP contribution in [-0.2, 0) is 11.2 Å². The first kappa shape index (κ1) is 14.9. The third kappa shape index (κ3) is 4.95. The van der Waals surface area contributed by atoms with Crippen LogP contribution in [0.4, 0.5) is 5.69 Å². The van der Waals surface area contributed by atoms with Crippen LogP contribution in [0.3, 0.4) is 0 Å². The summed E-state index contributed by atoms with van der Waals surface area (Å²) in [6.45, 7) is 2.44. The van der Waals surface area contributed by atoms with Crippen molar-refractivity contribution in [3.63, 3.8) is 0 Å². The van der Waals surface area contributed by atoms with E-state index >= 15 is 0 Å². The van der Waals surface area contributed by atoms with Gasteiger partial charge < -0.3 is 9.84 Å². The molecule has 6 nitrogen and oxygen atoms in total. The van der Waals surface area contributed by atoms with Gasteiger partial charge in [0.1, 0.15) is 0 Å². The fourth-order valence-corrected chi connectivity index (χ4v) is 1.56. The Kier molecular flexibility index (Phi) is 5.78. The van der Waals surface area contributed by atoms with Gasteiger partial charge >= 0.3 is 11.7 Å². The van der Waals surface area contributed by atoms with Gasteiger partial charge in [-0.15, -0.1) is 0 Å². The zero-order valence-electron chi connectivity index (χ0n) is 10.8. The van der Waals surface area contributed by atoms with Crippen LogP contribution < -0.4 is 4.74 Å². The number of unbranched alkanes of at least 4 members (excludes halogenated alkanes) is 1. The number of nitro benzene ring substituents is 1. The SMILES string of the molecule is CCCCOc1ccc(CCC(=O)O)cc1[N+](=O)[O-]. The summed E-state index contributed by atoms with van der Waals surface area (Å²) in [6.07, 6.45) is 2.00. The molecule has 1 rings (SSSR count). The number of aliphatic carboxylic acids is 1. The van der Waals surface area contributed by atoms with Gasteiger partial charge in [-0.05, 0) is 24.5 Å². The molecule has 0 radical (unpaired) electrons. The first-order valence-electron chi connectivity index (χ1n) is 6.16. The maximum atomic E-state index is 11.0. The number of ether oxygens (including phenoxy) is 1. The topological polar surface area (TPSA) is 89.7 Å².